The zero-order chi connectivity index (χ0) is 14.0. The average Bonchev–Trinajstić information content (AvgIpc) is 2.76. The molecule has 0 radical (unpaired) electrons. The van der Waals surface area contributed by atoms with E-state index in [-0.39, 0.29) is 0 Å². The molecule has 4 heteroatoms. The van der Waals surface area contributed by atoms with Crippen molar-refractivity contribution in [2.75, 3.05) is 18.0 Å². The molecule has 1 aliphatic rings. The second kappa shape index (κ2) is 5.45. The molecule has 1 saturated heterocycles. The summed E-state index contributed by atoms with van der Waals surface area (Å²) in [6, 6.07) is 0. The van der Waals surface area contributed by atoms with E-state index < -0.39 is 0 Å². The molecule has 0 bridgehead atoms. The second-order valence-electron chi connectivity index (χ2n) is 6.17. The lowest BCUT2D eigenvalue weighted by Crippen LogP contribution is -2.27. The minimum atomic E-state index is 0.364. The van der Waals surface area contributed by atoms with Crippen molar-refractivity contribution in [3.63, 3.8) is 0 Å². The Morgan fingerprint density at radius 3 is 2.37 bits per heavy atom. The molecule has 1 fully saturated rings. The van der Waals surface area contributed by atoms with Crippen LogP contribution in [0.25, 0.3) is 0 Å². The van der Waals surface area contributed by atoms with Gasteiger partial charge in [0.1, 0.15) is 0 Å². The SMILES string of the molecule is CCc1nnc(N2CCC(C)(C)C2)c(CN)c1CC. The third-order valence-electron chi connectivity index (χ3n) is 4.12. The summed E-state index contributed by atoms with van der Waals surface area (Å²) in [5.74, 6) is 1.02. The van der Waals surface area contributed by atoms with Gasteiger partial charge in [-0.2, -0.15) is 5.10 Å². The van der Waals surface area contributed by atoms with Gasteiger partial charge in [0.25, 0.3) is 0 Å². The van der Waals surface area contributed by atoms with Crippen molar-refractivity contribution in [3.05, 3.63) is 16.8 Å². The van der Waals surface area contributed by atoms with E-state index in [1.807, 2.05) is 0 Å². The summed E-state index contributed by atoms with van der Waals surface area (Å²) in [5.41, 5.74) is 9.96. The van der Waals surface area contributed by atoms with Gasteiger partial charge in [0.15, 0.2) is 5.82 Å². The van der Waals surface area contributed by atoms with E-state index >= 15 is 0 Å². The largest absolute Gasteiger partial charge is 0.354 e. The van der Waals surface area contributed by atoms with Crippen LogP contribution in [0.5, 0.6) is 0 Å². The Labute approximate surface area is 116 Å². The number of aryl methyl sites for hydroxylation is 1. The number of aromatic nitrogens is 2. The lowest BCUT2D eigenvalue weighted by Gasteiger charge is -2.24. The highest BCUT2D eigenvalue weighted by atomic mass is 15.3. The second-order valence-corrected chi connectivity index (χ2v) is 6.17. The summed E-state index contributed by atoms with van der Waals surface area (Å²) >= 11 is 0. The van der Waals surface area contributed by atoms with Crippen molar-refractivity contribution < 1.29 is 0 Å². The maximum atomic E-state index is 5.99. The molecule has 1 aromatic heterocycles. The van der Waals surface area contributed by atoms with E-state index in [1.54, 1.807) is 0 Å². The number of hydrogen-bond donors (Lipinski definition) is 1. The summed E-state index contributed by atoms with van der Waals surface area (Å²) in [4.78, 5) is 2.35. The lowest BCUT2D eigenvalue weighted by molar-refractivity contribution is 0.418. The molecule has 4 nitrogen and oxygen atoms in total. The standard InChI is InChI=1S/C15H26N4/c1-5-11-12(9-16)14(18-17-13(11)6-2)19-8-7-15(3,4)10-19/h5-10,16H2,1-4H3. The Bertz CT molecular complexity index is 454. The van der Waals surface area contributed by atoms with Crippen LogP contribution < -0.4 is 10.6 Å². The molecule has 0 spiro atoms. The van der Waals surface area contributed by atoms with E-state index in [0.717, 1.165) is 37.4 Å². The van der Waals surface area contributed by atoms with E-state index in [9.17, 15) is 0 Å². The molecule has 0 saturated carbocycles. The van der Waals surface area contributed by atoms with Gasteiger partial charge in [0.05, 0.1) is 5.69 Å². The first-order chi connectivity index (χ1) is 9.02. The van der Waals surface area contributed by atoms with Gasteiger partial charge in [-0.25, -0.2) is 0 Å². The molecule has 106 valence electrons. The summed E-state index contributed by atoms with van der Waals surface area (Å²) < 4.78 is 0. The summed E-state index contributed by atoms with van der Waals surface area (Å²) in [6.07, 6.45) is 3.11. The van der Waals surface area contributed by atoms with Gasteiger partial charge in [-0.3, -0.25) is 0 Å². The monoisotopic (exact) mass is 262 g/mol. The number of nitrogens with zero attached hydrogens (tertiary/aromatic N) is 3. The first-order valence-electron chi connectivity index (χ1n) is 7.34. The van der Waals surface area contributed by atoms with Crippen LogP contribution in [0.15, 0.2) is 0 Å². The molecular formula is C15H26N4. The highest BCUT2D eigenvalue weighted by molar-refractivity contribution is 5.52. The fourth-order valence-corrected chi connectivity index (χ4v) is 3.00. The first kappa shape index (κ1) is 14.3. The van der Waals surface area contributed by atoms with Crippen LogP contribution in [0.4, 0.5) is 5.82 Å². The quantitative estimate of drug-likeness (QED) is 0.904. The minimum Gasteiger partial charge on any atom is -0.354 e. The van der Waals surface area contributed by atoms with E-state index in [4.69, 9.17) is 5.73 Å². The molecule has 2 heterocycles. The van der Waals surface area contributed by atoms with Gasteiger partial charge < -0.3 is 10.6 Å². The van der Waals surface area contributed by atoms with Crippen LogP contribution in [-0.4, -0.2) is 23.3 Å². The van der Waals surface area contributed by atoms with Crippen molar-refractivity contribution in [1.82, 2.24) is 10.2 Å². The molecule has 0 unspecified atom stereocenters. The number of nitrogens with two attached hydrogens (primary N) is 1. The fourth-order valence-electron chi connectivity index (χ4n) is 3.00. The van der Waals surface area contributed by atoms with Gasteiger partial charge in [-0.1, -0.05) is 27.7 Å². The maximum Gasteiger partial charge on any atom is 0.156 e. The van der Waals surface area contributed by atoms with E-state index in [1.165, 1.54) is 17.5 Å². The Morgan fingerprint density at radius 2 is 1.89 bits per heavy atom. The van der Waals surface area contributed by atoms with Gasteiger partial charge in [-0.15, -0.1) is 5.10 Å². The summed E-state index contributed by atoms with van der Waals surface area (Å²) in [7, 11) is 0. The van der Waals surface area contributed by atoms with Crippen molar-refractivity contribution in [2.24, 2.45) is 11.1 Å². The number of hydrogen-bond acceptors (Lipinski definition) is 4. The summed E-state index contributed by atoms with van der Waals surface area (Å²) in [6.45, 7) is 11.6. The topological polar surface area (TPSA) is 55.0 Å². The van der Waals surface area contributed by atoms with Gasteiger partial charge in [0.2, 0.25) is 0 Å². The molecule has 0 aromatic carbocycles. The maximum absolute atomic E-state index is 5.99. The normalized spacial score (nSPS) is 18.1. The Balaban J connectivity index is 2.41. The van der Waals surface area contributed by atoms with Crippen LogP contribution in [0, 0.1) is 5.41 Å². The first-order valence-corrected chi connectivity index (χ1v) is 7.34. The Hall–Kier alpha value is -1.16. The van der Waals surface area contributed by atoms with Gasteiger partial charge >= 0.3 is 0 Å². The zero-order valence-corrected chi connectivity index (χ0v) is 12.7. The van der Waals surface area contributed by atoms with Crippen molar-refractivity contribution in [3.8, 4) is 0 Å². The van der Waals surface area contributed by atoms with Crippen molar-refractivity contribution >= 4 is 5.82 Å². The predicted molar refractivity (Wildman–Crippen MR) is 79.3 cm³/mol. The molecular weight excluding hydrogens is 236 g/mol. The zero-order valence-electron chi connectivity index (χ0n) is 12.7. The molecule has 1 aromatic rings. The fraction of sp³-hybridized carbons (Fsp3) is 0.733. The molecule has 19 heavy (non-hydrogen) atoms. The predicted octanol–water partition coefficient (Wildman–Crippen LogP) is 2.30. The average molecular weight is 262 g/mol. The molecule has 0 amide bonds. The number of rotatable bonds is 4. The smallest absolute Gasteiger partial charge is 0.156 e. The third kappa shape index (κ3) is 2.73. The van der Waals surface area contributed by atoms with Crippen molar-refractivity contribution in [1.29, 1.82) is 0 Å². The lowest BCUT2D eigenvalue weighted by atomic mass is 9.93. The highest BCUT2D eigenvalue weighted by Crippen LogP contribution is 2.34. The number of anilines is 1. The highest BCUT2D eigenvalue weighted by Gasteiger charge is 2.31. The van der Waals surface area contributed by atoms with E-state index in [2.05, 4.69) is 42.8 Å². The van der Waals surface area contributed by atoms with Crippen LogP contribution in [0.2, 0.25) is 0 Å². The van der Waals surface area contributed by atoms with Crippen LogP contribution >= 0.6 is 0 Å². The molecule has 2 N–H and O–H groups in total. The van der Waals surface area contributed by atoms with E-state index in [0.29, 0.717) is 12.0 Å². The van der Waals surface area contributed by atoms with Crippen molar-refractivity contribution in [2.45, 2.75) is 53.5 Å². The Morgan fingerprint density at radius 1 is 1.16 bits per heavy atom. The molecule has 0 aliphatic carbocycles. The molecule has 2 rings (SSSR count). The molecule has 0 atom stereocenters. The van der Waals surface area contributed by atoms with Crippen LogP contribution in [0.1, 0.15) is 50.9 Å². The van der Waals surface area contributed by atoms with Gasteiger partial charge in [-0.05, 0) is 30.2 Å². The minimum absolute atomic E-state index is 0.364. The summed E-state index contributed by atoms with van der Waals surface area (Å²) in [5, 5.41) is 8.89. The van der Waals surface area contributed by atoms with Gasteiger partial charge in [0, 0.05) is 25.2 Å². The van der Waals surface area contributed by atoms with Crippen LogP contribution in [-0.2, 0) is 19.4 Å². The Kier molecular flexibility index (Phi) is 4.09. The molecule has 1 aliphatic heterocycles. The third-order valence-corrected chi connectivity index (χ3v) is 4.12. The van der Waals surface area contributed by atoms with Crippen LogP contribution in [0.3, 0.4) is 0 Å².